The lowest BCUT2D eigenvalue weighted by molar-refractivity contribution is 0.790. The molecule has 106 valence electrons. The number of nitrogens with two attached hydrogens (primary N) is 1. The lowest BCUT2D eigenvalue weighted by Gasteiger charge is -2.14. The van der Waals surface area contributed by atoms with E-state index in [0.29, 0.717) is 6.54 Å². The maximum Gasteiger partial charge on any atom is 0.189 e. The number of aromatic nitrogens is 2. The SMILES string of the molecule is Cc1cnc(Cn2ccc(=O)c3ccccc32)c(C)c1N. The van der Waals surface area contributed by atoms with E-state index < -0.39 is 0 Å². The predicted octanol–water partition coefficient (Wildman–Crippen LogP) is 2.64. The van der Waals surface area contributed by atoms with Crippen LogP contribution in [0.1, 0.15) is 16.8 Å². The molecule has 0 spiro atoms. The number of pyridine rings is 2. The van der Waals surface area contributed by atoms with Gasteiger partial charge in [-0.25, -0.2) is 0 Å². The van der Waals surface area contributed by atoms with Gasteiger partial charge in [0.15, 0.2) is 5.43 Å². The lowest BCUT2D eigenvalue weighted by atomic mass is 10.1. The van der Waals surface area contributed by atoms with Crippen LogP contribution < -0.4 is 11.2 Å². The number of anilines is 1. The van der Waals surface area contributed by atoms with Gasteiger partial charge in [0.05, 0.1) is 17.8 Å². The molecule has 4 heteroatoms. The molecule has 3 aromatic rings. The van der Waals surface area contributed by atoms with Crippen LogP contribution in [0, 0.1) is 13.8 Å². The summed E-state index contributed by atoms with van der Waals surface area (Å²) in [6, 6.07) is 9.19. The zero-order valence-corrected chi connectivity index (χ0v) is 12.1. The van der Waals surface area contributed by atoms with E-state index in [4.69, 9.17) is 5.73 Å². The monoisotopic (exact) mass is 279 g/mol. The molecule has 3 rings (SSSR count). The summed E-state index contributed by atoms with van der Waals surface area (Å²) >= 11 is 0. The topological polar surface area (TPSA) is 60.9 Å². The Morgan fingerprint density at radius 3 is 2.76 bits per heavy atom. The molecule has 0 saturated carbocycles. The van der Waals surface area contributed by atoms with Gasteiger partial charge in [-0.15, -0.1) is 0 Å². The van der Waals surface area contributed by atoms with Crippen molar-refractivity contribution in [1.82, 2.24) is 9.55 Å². The molecule has 4 nitrogen and oxygen atoms in total. The van der Waals surface area contributed by atoms with Crippen LogP contribution in [0.5, 0.6) is 0 Å². The van der Waals surface area contributed by atoms with E-state index in [2.05, 4.69) is 4.98 Å². The number of hydrogen-bond acceptors (Lipinski definition) is 3. The molecule has 0 atom stereocenters. The van der Waals surface area contributed by atoms with Crippen molar-refractivity contribution in [2.24, 2.45) is 0 Å². The van der Waals surface area contributed by atoms with Gasteiger partial charge in [-0.1, -0.05) is 12.1 Å². The van der Waals surface area contributed by atoms with Crippen LogP contribution in [-0.4, -0.2) is 9.55 Å². The molecule has 0 aliphatic carbocycles. The Hall–Kier alpha value is -2.62. The number of nitrogen functional groups attached to an aromatic ring is 1. The van der Waals surface area contributed by atoms with Crippen molar-refractivity contribution >= 4 is 16.6 Å². The van der Waals surface area contributed by atoms with E-state index in [-0.39, 0.29) is 5.43 Å². The van der Waals surface area contributed by atoms with Crippen LogP contribution in [0.15, 0.2) is 47.5 Å². The lowest BCUT2D eigenvalue weighted by Crippen LogP contribution is -2.11. The molecule has 0 unspecified atom stereocenters. The van der Waals surface area contributed by atoms with Crippen LogP contribution in [0.3, 0.4) is 0 Å². The zero-order valence-electron chi connectivity index (χ0n) is 12.1. The number of rotatable bonds is 2. The summed E-state index contributed by atoms with van der Waals surface area (Å²) in [7, 11) is 0. The molecule has 0 radical (unpaired) electrons. The van der Waals surface area contributed by atoms with Crippen molar-refractivity contribution < 1.29 is 0 Å². The minimum atomic E-state index is 0.0370. The second-order valence-corrected chi connectivity index (χ2v) is 5.25. The van der Waals surface area contributed by atoms with E-state index in [1.807, 2.05) is 48.9 Å². The van der Waals surface area contributed by atoms with Gasteiger partial charge in [-0.05, 0) is 37.1 Å². The smallest absolute Gasteiger partial charge is 0.189 e. The number of nitrogens with zero attached hydrogens (tertiary/aromatic N) is 2. The van der Waals surface area contributed by atoms with Crippen molar-refractivity contribution in [3.63, 3.8) is 0 Å². The second-order valence-electron chi connectivity index (χ2n) is 5.25. The van der Waals surface area contributed by atoms with E-state index in [0.717, 1.165) is 33.4 Å². The standard InChI is InChI=1S/C17H17N3O/c1-11-9-19-14(12(2)17(11)18)10-20-8-7-16(21)13-5-3-4-6-15(13)20/h3-9H,10H2,1-2H3,(H2,18,19). The Morgan fingerprint density at radius 2 is 1.95 bits per heavy atom. The highest BCUT2D eigenvalue weighted by atomic mass is 16.1. The van der Waals surface area contributed by atoms with Crippen molar-refractivity contribution in [3.05, 3.63) is 69.8 Å². The highest BCUT2D eigenvalue weighted by Crippen LogP contribution is 2.20. The molecule has 1 aromatic carbocycles. The van der Waals surface area contributed by atoms with Crippen LogP contribution in [0.2, 0.25) is 0 Å². The highest BCUT2D eigenvalue weighted by molar-refractivity contribution is 5.78. The van der Waals surface area contributed by atoms with Gasteiger partial charge in [0, 0.05) is 29.5 Å². The van der Waals surface area contributed by atoms with E-state index in [9.17, 15) is 4.79 Å². The summed E-state index contributed by atoms with van der Waals surface area (Å²) in [5.74, 6) is 0. The molecule has 2 aromatic heterocycles. The average Bonchev–Trinajstić information content (AvgIpc) is 2.50. The third-order valence-electron chi connectivity index (χ3n) is 3.88. The number of benzene rings is 1. The van der Waals surface area contributed by atoms with Crippen LogP contribution in [0.25, 0.3) is 10.9 Å². The van der Waals surface area contributed by atoms with E-state index >= 15 is 0 Å². The molecule has 0 fully saturated rings. The number of hydrogen-bond donors (Lipinski definition) is 1. The van der Waals surface area contributed by atoms with Gasteiger partial charge in [0.2, 0.25) is 0 Å². The Kier molecular flexibility index (Phi) is 3.22. The first-order chi connectivity index (χ1) is 10.1. The fourth-order valence-corrected chi connectivity index (χ4v) is 2.51. The molecule has 0 aliphatic rings. The Morgan fingerprint density at radius 1 is 1.19 bits per heavy atom. The third kappa shape index (κ3) is 2.29. The molecule has 0 amide bonds. The molecule has 0 bridgehead atoms. The van der Waals surface area contributed by atoms with Crippen LogP contribution in [-0.2, 0) is 6.54 Å². The average molecular weight is 279 g/mol. The summed E-state index contributed by atoms with van der Waals surface area (Å²) < 4.78 is 2.03. The maximum absolute atomic E-state index is 11.9. The first kappa shape index (κ1) is 13.4. The minimum absolute atomic E-state index is 0.0370. The predicted molar refractivity (Wildman–Crippen MR) is 85.4 cm³/mol. The molecular formula is C17H17N3O. The maximum atomic E-state index is 11.9. The van der Waals surface area contributed by atoms with Gasteiger partial charge in [-0.3, -0.25) is 9.78 Å². The van der Waals surface area contributed by atoms with Crippen molar-refractivity contribution in [1.29, 1.82) is 0 Å². The fraction of sp³-hybridized carbons (Fsp3) is 0.176. The minimum Gasteiger partial charge on any atom is -0.398 e. The molecule has 21 heavy (non-hydrogen) atoms. The van der Waals surface area contributed by atoms with Gasteiger partial charge >= 0.3 is 0 Å². The van der Waals surface area contributed by atoms with Crippen LogP contribution >= 0.6 is 0 Å². The number of para-hydroxylation sites is 1. The normalized spacial score (nSPS) is 11.0. The second kappa shape index (κ2) is 5.05. The number of aryl methyl sites for hydroxylation is 1. The summed E-state index contributed by atoms with van der Waals surface area (Å²) in [4.78, 5) is 16.4. The largest absolute Gasteiger partial charge is 0.398 e. The molecular weight excluding hydrogens is 262 g/mol. The van der Waals surface area contributed by atoms with Gasteiger partial charge < -0.3 is 10.3 Å². The molecule has 0 aliphatic heterocycles. The Labute approximate surface area is 122 Å². The van der Waals surface area contributed by atoms with E-state index in [1.54, 1.807) is 12.3 Å². The van der Waals surface area contributed by atoms with Gasteiger partial charge in [0.25, 0.3) is 0 Å². The van der Waals surface area contributed by atoms with Crippen molar-refractivity contribution in [2.45, 2.75) is 20.4 Å². The summed E-state index contributed by atoms with van der Waals surface area (Å²) in [5, 5.41) is 0.720. The van der Waals surface area contributed by atoms with E-state index in [1.165, 1.54) is 0 Å². The molecule has 2 N–H and O–H groups in total. The zero-order chi connectivity index (χ0) is 15.0. The summed E-state index contributed by atoms with van der Waals surface area (Å²) in [5.41, 5.74) is 10.7. The van der Waals surface area contributed by atoms with Gasteiger partial charge in [0.1, 0.15) is 0 Å². The highest BCUT2D eigenvalue weighted by Gasteiger charge is 2.08. The van der Waals surface area contributed by atoms with Gasteiger partial charge in [-0.2, -0.15) is 0 Å². The third-order valence-corrected chi connectivity index (χ3v) is 3.88. The molecule has 0 saturated heterocycles. The molecule has 2 heterocycles. The fourth-order valence-electron chi connectivity index (χ4n) is 2.51. The summed E-state index contributed by atoms with van der Waals surface area (Å²) in [6.07, 6.45) is 3.60. The van der Waals surface area contributed by atoms with Crippen molar-refractivity contribution in [3.8, 4) is 0 Å². The van der Waals surface area contributed by atoms with Crippen molar-refractivity contribution in [2.75, 3.05) is 5.73 Å². The number of fused-ring (bicyclic) bond motifs is 1. The Balaban J connectivity index is 2.13. The summed E-state index contributed by atoms with van der Waals surface area (Å²) in [6.45, 7) is 4.53. The first-order valence-corrected chi connectivity index (χ1v) is 6.86. The van der Waals surface area contributed by atoms with Crippen LogP contribution in [0.4, 0.5) is 5.69 Å². The quantitative estimate of drug-likeness (QED) is 0.784. The Bertz CT molecular complexity index is 881. The first-order valence-electron chi connectivity index (χ1n) is 6.86.